The lowest BCUT2D eigenvalue weighted by molar-refractivity contribution is -0.00978. The molecule has 2 aliphatic rings. The predicted molar refractivity (Wildman–Crippen MR) is 70.8 cm³/mol. The summed E-state index contributed by atoms with van der Waals surface area (Å²) in [7, 11) is 0. The topological polar surface area (TPSA) is 49.5 Å². The Morgan fingerprint density at radius 2 is 1.82 bits per heavy atom. The summed E-state index contributed by atoms with van der Waals surface area (Å²) in [6.07, 6.45) is 8.35. The Labute approximate surface area is 105 Å². The molecular formula is C14H28N2O. The van der Waals surface area contributed by atoms with Crippen LogP contribution < -0.4 is 5.73 Å². The van der Waals surface area contributed by atoms with Gasteiger partial charge in [0.1, 0.15) is 0 Å². The highest BCUT2D eigenvalue weighted by molar-refractivity contribution is 4.85. The molecule has 1 aliphatic carbocycles. The quantitative estimate of drug-likeness (QED) is 0.723. The largest absolute Gasteiger partial charge is 0.390 e. The second-order valence-electron chi connectivity index (χ2n) is 6.36. The average molecular weight is 240 g/mol. The third kappa shape index (κ3) is 3.94. The minimum atomic E-state index is -0.429. The van der Waals surface area contributed by atoms with Crippen LogP contribution in [0.3, 0.4) is 0 Å². The van der Waals surface area contributed by atoms with Crippen molar-refractivity contribution in [2.45, 2.75) is 63.5 Å². The normalized spacial score (nSPS) is 35.5. The SMILES string of the molecule is CC1(O)CCN(CC2CCCCCC2N)CC1. The zero-order chi connectivity index (χ0) is 12.3. The molecule has 1 heterocycles. The van der Waals surface area contributed by atoms with Crippen LogP contribution in [-0.4, -0.2) is 41.3 Å². The summed E-state index contributed by atoms with van der Waals surface area (Å²) in [5.74, 6) is 0.681. The smallest absolute Gasteiger partial charge is 0.0644 e. The molecule has 17 heavy (non-hydrogen) atoms. The fourth-order valence-corrected chi connectivity index (χ4v) is 3.19. The molecule has 2 unspecified atom stereocenters. The summed E-state index contributed by atoms with van der Waals surface area (Å²) in [6, 6.07) is 0.403. The molecule has 1 saturated heterocycles. The number of hydrogen-bond donors (Lipinski definition) is 2. The van der Waals surface area contributed by atoms with Crippen LogP contribution >= 0.6 is 0 Å². The first-order valence-electron chi connectivity index (χ1n) is 7.27. The van der Waals surface area contributed by atoms with E-state index in [1.165, 1.54) is 32.1 Å². The number of likely N-dealkylation sites (tertiary alicyclic amines) is 1. The lowest BCUT2D eigenvalue weighted by atomic mass is 9.90. The molecule has 2 rings (SSSR count). The number of hydrogen-bond acceptors (Lipinski definition) is 3. The van der Waals surface area contributed by atoms with Crippen molar-refractivity contribution in [3.8, 4) is 0 Å². The fraction of sp³-hybridized carbons (Fsp3) is 1.00. The van der Waals surface area contributed by atoms with Crippen LogP contribution in [0.1, 0.15) is 51.9 Å². The Kier molecular flexibility index (Phi) is 4.45. The Morgan fingerprint density at radius 3 is 2.53 bits per heavy atom. The number of aliphatic hydroxyl groups is 1. The van der Waals surface area contributed by atoms with E-state index in [1.807, 2.05) is 6.92 Å². The van der Waals surface area contributed by atoms with Crippen molar-refractivity contribution in [1.29, 1.82) is 0 Å². The van der Waals surface area contributed by atoms with E-state index in [2.05, 4.69) is 4.90 Å². The molecule has 1 aliphatic heterocycles. The monoisotopic (exact) mass is 240 g/mol. The van der Waals surface area contributed by atoms with Gasteiger partial charge in [-0.3, -0.25) is 0 Å². The Hall–Kier alpha value is -0.120. The number of piperidine rings is 1. The van der Waals surface area contributed by atoms with E-state index >= 15 is 0 Å². The van der Waals surface area contributed by atoms with E-state index in [9.17, 15) is 5.11 Å². The summed E-state index contributed by atoms with van der Waals surface area (Å²) < 4.78 is 0. The van der Waals surface area contributed by atoms with Crippen molar-refractivity contribution in [1.82, 2.24) is 4.90 Å². The number of rotatable bonds is 2. The molecule has 3 nitrogen and oxygen atoms in total. The van der Waals surface area contributed by atoms with Crippen LogP contribution in [0.2, 0.25) is 0 Å². The molecule has 1 saturated carbocycles. The third-order valence-electron chi connectivity index (χ3n) is 4.64. The second kappa shape index (κ2) is 5.68. The van der Waals surface area contributed by atoms with Crippen molar-refractivity contribution in [2.24, 2.45) is 11.7 Å². The summed E-state index contributed by atoms with van der Waals surface area (Å²) in [6.45, 7) is 5.19. The average Bonchev–Trinajstić information content (AvgIpc) is 2.47. The van der Waals surface area contributed by atoms with Crippen LogP contribution in [0.15, 0.2) is 0 Å². The Morgan fingerprint density at radius 1 is 1.18 bits per heavy atom. The first-order chi connectivity index (χ1) is 8.07. The van der Waals surface area contributed by atoms with Gasteiger partial charge >= 0.3 is 0 Å². The first kappa shape index (κ1) is 13.3. The molecule has 0 aromatic rings. The summed E-state index contributed by atoms with van der Waals surface area (Å²) in [4.78, 5) is 2.51. The number of nitrogens with zero attached hydrogens (tertiary/aromatic N) is 1. The molecule has 100 valence electrons. The van der Waals surface area contributed by atoms with Gasteiger partial charge in [0.2, 0.25) is 0 Å². The molecule has 0 aromatic carbocycles. The van der Waals surface area contributed by atoms with E-state index in [-0.39, 0.29) is 0 Å². The molecule has 3 heteroatoms. The second-order valence-corrected chi connectivity index (χ2v) is 6.36. The number of nitrogens with two attached hydrogens (primary N) is 1. The predicted octanol–water partition coefficient (Wildman–Crippen LogP) is 1.74. The van der Waals surface area contributed by atoms with Gasteiger partial charge in [0, 0.05) is 25.7 Å². The minimum Gasteiger partial charge on any atom is -0.390 e. The van der Waals surface area contributed by atoms with Gasteiger partial charge in [0.05, 0.1) is 5.60 Å². The molecular weight excluding hydrogens is 212 g/mol. The fourth-order valence-electron chi connectivity index (χ4n) is 3.19. The lowest BCUT2D eigenvalue weighted by Crippen LogP contribution is -2.46. The summed E-state index contributed by atoms with van der Waals surface area (Å²) >= 11 is 0. The van der Waals surface area contributed by atoms with Crippen LogP contribution in [0.25, 0.3) is 0 Å². The highest BCUT2D eigenvalue weighted by Gasteiger charge is 2.29. The maximum absolute atomic E-state index is 9.94. The van der Waals surface area contributed by atoms with Crippen molar-refractivity contribution in [3.63, 3.8) is 0 Å². The van der Waals surface area contributed by atoms with Gasteiger partial charge in [0.15, 0.2) is 0 Å². The maximum atomic E-state index is 9.94. The van der Waals surface area contributed by atoms with Crippen molar-refractivity contribution >= 4 is 0 Å². The molecule has 0 bridgehead atoms. The van der Waals surface area contributed by atoms with Gasteiger partial charge in [-0.1, -0.05) is 19.3 Å². The lowest BCUT2D eigenvalue weighted by Gasteiger charge is -2.38. The van der Waals surface area contributed by atoms with Crippen LogP contribution in [0, 0.1) is 5.92 Å². The first-order valence-corrected chi connectivity index (χ1v) is 7.27. The summed E-state index contributed by atoms with van der Waals surface area (Å²) in [5.41, 5.74) is 5.84. The minimum absolute atomic E-state index is 0.403. The van der Waals surface area contributed by atoms with Gasteiger partial charge in [0.25, 0.3) is 0 Å². The van der Waals surface area contributed by atoms with E-state index < -0.39 is 5.60 Å². The zero-order valence-electron chi connectivity index (χ0n) is 11.2. The van der Waals surface area contributed by atoms with E-state index in [0.717, 1.165) is 32.5 Å². The molecule has 0 aromatic heterocycles. The zero-order valence-corrected chi connectivity index (χ0v) is 11.2. The molecule has 2 atom stereocenters. The van der Waals surface area contributed by atoms with Crippen LogP contribution in [-0.2, 0) is 0 Å². The van der Waals surface area contributed by atoms with Crippen molar-refractivity contribution in [3.05, 3.63) is 0 Å². The van der Waals surface area contributed by atoms with E-state index in [1.54, 1.807) is 0 Å². The van der Waals surface area contributed by atoms with Crippen molar-refractivity contribution < 1.29 is 5.11 Å². The Bertz CT molecular complexity index is 232. The van der Waals surface area contributed by atoms with Gasteiger partial charge in [-0.05, 0) is 38.5 Å². The van der Waals surface area contributed by atoms with Crippen LogP contribution in [0.4, 0.5) is 0 Å². The molecule has 0 amide bonds. The van der Waals surface area contributed by atoms with E-state index in [0.29, 0.717) is 12.0 Å². The maximum Gasteiger partial charge on any atom is 0.0644 e. The van der Waals surface area contributed by atoms with Gasteiger partial charge < -0.3 is 15.7 Å². The Balaban J connectivity index is 1.80. The third-order valence-corrected chi connectivity index (χ3v) is 4.64. The molecule has 3 N–H and O–H groups in total. The summed E-state index contributed by atoms with van der Waals surface area (Å²) in [5, 5.41) is 9.94. The molecule has 0 radical (unpaired) electrons. The van der Waals surface area contributed by atoms with Gasteiger partial charge in [-0.15, -0.1) is 0 Å². The van der Waals surface area contributed by atoms with Crippen molar-refractivity contribution in [2.75, 3.05) is 19.6 Å². The van der Waals surface area contributed by atoms with E-state index in [4.69, 9.17) is 5.73 Å². The standard InChI is InChI=1S/C14H28N2O/c1-14(17)7-9-16(10-8-14)11-12-5-3-2-4-6-13(12)15/h12-13,17H,2-11,15H2,1H3. The van der Waals surface area contributed by atoms with Gasteiger partial charge in [-0.2, -0.15) is 0 Å². The molecule has 2 fully saturated rings. The molecule has 0 spiro atoms. The highest BCUT2D eigenvalue weighted by Crippen LogP contribution is 2.26. The van der Waals surface area contributed by atoms with Gasteiger partial charge in [-0.25, -0.2) is 0 Å². The highest BCUT2D eigenvalue weighted by atomic mass is 16.3. The van der Waals surface area contributed by atoms with Crippen LogP contribution in [0.5, 0.6) is 0 Å².